The Morgan fingerprint density at radius 1 is 0.514 bits per heavy atom. The van der Waals surface area contributed by atoms with Gasteiger partial charge in [0.15, 0.2) is 0 Å². The minimum Gasteiger partial charge on any atom is -0.507 e. The summed E-state index contributed by atoms with van der Waals surface area (Å²) in [6, 6.07) is 39.8. The molecule has 2 nitrogen and oxygen atoms in total. The number of aromatic hydroxyl groups is 2. The van der Waals surface area contributed by atoms with Gasteiger partial charge in [-0.15, -0.1) is 81.2 Å². The van der Waals surface area contributed by atoms with E-state index in [1.165, 1.54) is 32.7 Å². The van der Waals surface area contributed by atoms with Crippen LogP contribution in [-0.4, -0.2) is 10.2 Å². The van der Waals surface area contributed by atoms with E-state index in [0.717, 1.165) is 8.95 Å². The number of rotatable bonds is 0. The van der Waals surface area contributed by atoms with Crippen LogP contribution in [0.1, 0.15) is 11.1 Å². The van der Waals surface area contributed by atoms with Gasteiger partial charge < -0.3 is 10.2 Å². The van der Waals surface area contributed by atoms with Gasteiger partial charge in [0, 0.05) is 0 Å². The fraction of sp³-hybridized carbons (Fsp3) is 0.0625. The minimum absolute atomic E-state index is 0. The normalized spacial score (nSPS) is 9.62. The predicted octanol–water partition coefficient (Wildman–Crippen LogP) is 10.0. The van der Waals surface area contributed by atoms with Crippen molar-refractivity contribution in [3.05, 3.63) is 141 Å². The zero-order valence-electron chi connectivity index (χ0n) is 20.7. The monoisotopic (exact) mass is 692 g/mol. The van der Waals surface area contributed by atoms with Crippen LogP contribution in [0.15, 0.2) is 130 Å². The number of fused-ring (bicyclic) bond motifs is 2. The molecule has 0 aromatic heterocycles. The molecule has 0 fully saturated rings. The molecule has 186 valence electrons. The number of hydrogen-bond donors (Lipinski definition) is 2. The third-order valence-corrected chi connectivity index (χ3v) is 6.57. The quantitative estimate of drug-likeness (QED) is 0.155. The van der Waals surface area contributed by atoms with Gasteiger partial charge in [-0.1, -0.05) is 50.2 Å². The van der Waals surface area contributed by atoms with Crippen LogP contribution in [0.25, 0.3) is 21.5 Å². The molecule has 0 aliphatic heterocycles. The van der Waals surface area contributed by atoms with Gasteiger partial charge >= 0.3 is 26.2 Å². The summed E-state index contributed by atoms with van der Waals surface area (Å²) >= 11 is 6.29. The zero-order chi connectivity index (χ0) is 25.9. The first-order valence-electron chi connectivity index (χ1n) is 11.4. The minimum atomic E-state index is 0. The maximum atomic E-state index is 8.87. The van der Waals surface area contributed by atoms with Crippen molar-refractivity contribution < 1.29 is 36.4 Å². The molecule has 0 spiro atoms. The molecule has 0 bridgehead atoms. The third kappa shape index (κ3) is 10.1. The van der Waals surface area contributed by atoms with Crippen LogP contribution in [0.2, 0.25) is 0 Å². The van der Waals surface area contributed by atoms with Crippen molar-refractivity contribution in [3.63, 3.8) is 0 Å². The van der Waals surface area contributed by atoms with Gasteiger partial charge in [0.1, 0.15) is 11.5 Å². The summed E-state index contributed by atoms with van der Waals surface area (Å²) in [6.07, 6.45) is 0. The maximum absolute atomic E-state index is 8.87. The van der Waals surface area contributed by atoms with Crippen molar-refractivity contribution in [1.82, 2.24) is 0 Å². The Hall–Kier alpha value is -2.46. The number of phenols is 2. The fourth-order valence-corrected chi connectivity index (χ4v) is 4.09. The summed E-state index contributed by atoms with van der Waals surface area (Å²) in [5, 5.41) is 23.1. The molecule has 0 aliphatic rings. The molecule has 0 amide bonds. The van der Waals surface area contributed by atoms with E-state index < -0.39 is 0 Å². The van der Waals surface area contributed by atoms with Gasteiger partial charge in [-0.3, -0.25) is 0 Å². The number of phenolic OH excluding ortho intramolecular Hbond substituents is 2. The van der Waals surface area contributed by atoms with Gasteiger partial charge in [0.2, 0.25) is 0 Å². The van der Waals surface area contributed by atoms with E-state index in [0.29, 0.717) is 0 Å². The van der Waals surface area contributed by atoms with E-state index in [9.17, 15) is 0 Å². The Kier molecular flexibility index (Phi) is 13.1. The summed E-state index contributed by atoms with van der Waals surface area (Å²) in [5.74, 6) is 0.569. The summed E-state index contributed by atoms with van der Waals surface area (Å²) in [5.41, 5.74) is 2.70. The smallest absolute Gasteiger partial charge is 0.507 e. The van der Waals surface area contributed by atoms with Crippen molar-refractivity contribution in [1.29, 1.82) is 0 Å². The largest absolute Gasteiger partial charge is 2.00 e. The van der Waals surface area contributed by atoms with E-state index >= 15 is 0 Å². The Morgan fingerprint density at radius 3 is 1.14 bits per heavy atom. The average Bonchev–Trinajstić information content (AvgIpc) is 3.44. The predicted molar refractivity (Wildman–Crippen MR) is 160 cm³/mol. The van der Waals surface area contributed by atoms with Crippen LogP contribution in [-0.2, 0) is 26.2 Å². The molecule has 5 heteroatoms. The summed E-state index contributed by atoms with van der Waals surface area (Å²) < 4.78 is 1.47. The molecule has 0 heterocycles. The Bertz CT molecular complexity index is 1290. The molecule has 0 radical (unpaired) electrons. The molecule has 0 aliphatic carbocycles. The summed E-state index contributed by atoms with van der Waals surface area (Å²) in [7, 11) is 0. The number of benzene rings is 4. The van der Waals surface area contributed by atoms with Crippen molar-refractivity contribution in [2.45, 2.75) is 13.8 Å². The summed E-state index contributed by atoms with van der Waals surface area (Å²) in [4.78, 5) is 0. The third-order valence-electron chi connectivity index (χ3n) is 5.23. The second-order valence-corrected chi connectivity index (χ2v) is 9.93. The number of para-hydroxylation sites is 2. The van der Waals surface area contributed by atoms with Crippen LogP contribution in [0.5, 0.6) is 11.5 Å². The Morgan fingerprint density at radius 2 is 0.838 bits per heavy atom. The molecule has 6 rings (SSSR count). The standard InChI is InChI=1S/2C10H9.2C6H5BrO.Zr/c2*1-8-6-9-4-2-3-5-10(9)7-8;2*7-5-3-1-2-4-6(5)8;/h2*2-7H,1H3;2*1-4,8H;/q2*-1;;;+2. The fourth-order valence-electron chi connectivity index (χ4n) is 3.52. The molecule has 6 aromatic rings. The van der Waals surface area contributed by atoms with Crippen molar-refractivity contribution in [2.75, 3.05) is 0 Å². The topological polar surface area (TPSA) is 40.5 Å². The van der Waals surface area contributed by atoms with E-state index in [-0.39, 0.29) is 37.7 Å². The number of hydrogen-bond acceptors (Lipinski definition) is 2. The van der Waals surface area contributed by atoms with E-state index in [1.807, 2.05) is 12.1 Å². The molecular weight excluding hydrogens is 667 g/mol. The molecule has 0 saturated heterocycles. The first-order valence-corrected chi connectivity index (χ1v) is 13.0. The zero-order valence-corrected chi connectivity index (χ0v) is 26.3. The van der Waals surface area contributed by atoms with Crippen LogP contribution in [0.3, 0.4) is 0 Å². The molecule has 6 aromatic carbocycles. The average molecular weight is 696 g/mol. The van der Waals surface area contributed by atoms with Crippen LogP contribution < -0.4 is 0 Å². The number of halogens is 2. The van der Waals surface area contributed by atoms with E-state index in [1.54, 1.807) is 36.4 Å². The molecule has 0 saturated carbocycles. The molecule has 0 unspecified atom stereocenters. The van der Waals surface area contributed by atoms with Crippen molar-refractivity contribution in [2.24, 2.45) is 0 Å². The van der Waals surface area contributed by atoms with Crippen LogP contribution >= 0.6 is 31.9 Å². The first-order chi connectivity index (χ1) is 17.3. The van der Waals surface area contributed by atoms with Gasteiger partial charge in [-0.05, 0) is 56.1 Å². The molecule has 37 heavy (non-hydrogen) atoms. The van der Waals surface area contributed by atoms with Gasteiger partial charge in [0.05, 0.1) is 8.95 Å². The Balaban J connectivity index is 0.000000173. The van der Waals surface area contributed by atoms with Gasteiger partial charge in [-0.25, -0.2) is 0 Å². The van der Waals surface area contributed by atoms with Crippen LogP contribution in [0, 0.1) is 13.8 Å². The molecule has 0 atom stereocenters. The maximum Gasteiger partial charge on any atom is 2.00 e. The number of aryl methyl sites for hydroxylation is 2. The summed E-state index contributed by atoms with van der Waals surface area (Å²) in [6.45, 7) is 4.25. The van der Waals surface area contributed by atoms with Gasteiger partial charge in [-0.2, -0.15) is 12.1 Å². The molecule has 2 N–H and O–H groups in total. The van der Waals surface area contributed by atoms with Crippen LogP contribution in [0.4, 0.5) is 0 Å². The van der Waals surface area contributed by atoms with Crippen molar-refractivity contribution >= 4 is 53.4 Å². The van der Waals surface area contributed by atoms with Crippen molar-refractivity contribution in [3.8, 4) is 11.5 Å². The van der Waals surface area contributed by atoms with E-state index in [2.05, 4.69) is 119 Å². The van der Waals surface area contributed by atoms with E-state index in [4.69, 9.17) is 10.2 Å². The second-order valence-electron chi connectivity index (χ2n) is 8.23. The second kappa shape index (κ2) is 15.7. The Labute approximate surface area is 254 Å². The van der Waals surface area contributed by atoms with Gasteiger partial charge in [0.25, 0.3) is 0 Å². The molecular formula is C32H28Br2O2Zr. The first kappa shape index (κ1) is 30.8. The SMILES string of the molecule is Cc1cc2ccccc2[cH-]1.Cc1cc2ccccc2[cH-]1.Oc1ccccc1Br.Oc1ccccc1Br.[Zr+2].